The van der Waals surface area contributed by atoms with E-state index in [1.54, 1.807) is 0 Å². The fourth-order valence-electron chi connectivity index (χ4n) is 2.47. The van der Waals surface area contributed by atoms with E-state index in [0.29, 0.717) is 0 Å². The van der Waals surface area contributed by atoms with Gasteiger partial charge in [-0.1, -0.05) is 57.2 Å². The highest BCUT2D eigenvalue weighted by atomic mass is 15.0. The van der Waals surface area contributed by atoms with E-state index in [1.807, 2.05) is 13.8 Å². The zero-order chi connectivity index (χ0) is 13.0. The molecule has 1 heterocycles. The molecule has 94 valence electrons. The van der Waals surface area contributed by atoms with Gasteiger partial charge in [0.2, 0.25) is 0 Å². The molecule has 0 fully saturated rings. The van der Waals surface area contributed by atoms with Crippen molar-refractivity contribution in [1.82, 2.24) is 4.57 Å². The van der Waals surface area contributed by atoms with E-state index in [4.69, 9.17) is 0 Å². The predicted octanol–water partition coefficient (Wildman–Crippen LogP) is 5.23. The van der Waals surface area contributed by atoms with Crippen molar-refractivity contribution in [2.45, 2.75) is 33.7 Å². The summed E-state index contributed by atoms with van der Waals surface area (Å²) in [6, 6.07) is 17.3. The van der Waals surface area contributed by atoms with Gasteiger partial charge in [-0.15, -0.1) is 0 Å². The number of nitrogens with zero attached hydrogens (tertiary/aromatic N) is 1. The molecule has 2 aromatic carbocycles. The molecule has 0 N–H and O–H groups in total. The monoisotopic (exact) mass is 239 g/mol. The second-order valence-electron chi connectivity index (χ2n) is 4.19. The summed E-state index contributed by atoms with van der Waals surface area (Å²) in [5.41, 5.74) is 2.70. The Morgan fingerprint density at radius 2 is 1.22 bits per heavy atom. The van der Waals surface area contributed by atoms with Gasteiger partial charge in [0, 0.05) is 28.4 Å². The standard InChI is InChI=1S/C15H15N.C2H6/c1-2-11-16-14-9-5-3-7-12(14)13-8-4-6-10-15(13)16;1-2/h3-10H,2,11H2,1H3;1-2H3. The van der Waals surface area contributed by atoms with E-state index in [2.05, 4.69) is 60.0 Å². The topological polar surface area (TPSA) is 4.93 Å². The molecule has 0 aliphatic rings. The first-order valence-corrected chi connectivity index (χ1v) is 6.88. The largest absolute Gasteiger partial charge is 0.340 e. The highest BCUT2D eigenvalue weighted by Gasteiger charge is 2.07. The number of aryl methyl sites for hydroxylation is 1. The average Bonchev–Trinajstić information content (AvgIpc) is 2.77. The summed E-state index contributed by atoms with van der Waals surface area (Å²) in [5.74, 6) is 0. The average molecular weight is 239 g/mol. The minimum absolute atomic E-state index is 1.09. The molecule has 3 rings (SSSR count). The van der Waals surface area contributed by atoms with Crippen molar-refractivity contribution in [3.05, 3.63) is 48.5 Å². The summed E-state index contributed by atoms with van der Waals surface area (Å²) in [7, 11) is 0. The first-order chi connectivity index (χ1) is 8.92. The van der Waals surface area contributed by atoms with Gasteiger partial charge in [0.15, 0.2) is 0 Å². The summed E-state index contributed by atoms with van der Waals surface area (Å²) >= 11 is 0. The maximum atomic E-state index is 2.42. The second kappa shape index (κ2) is 5.72. The molecule has 0 saturated heterocycles. The van der Waals surface area contributed by atoms with Gasteiger partial charge in [0.1, 0.15) is 0 Å². The molecular formula is C17H21N. The van der Waals surface area contributed by atoms with E-state index in [9.17, 15) is 0 Å². The van der Waals surface area contributed by atoms with Crippen LogP contribution in [0.4, 0.5) is 0 Å². The number of aromatic nitrogens is 1. The number of fused-ring (bicyclic) bond motifs is 3. The van der Waals surface area contributed by atoms with Gasteiger partial charge >= 0.3 is 0 Å². The molecule has 0 saturated carbocycles. The Kier molecular flexibility index (Phi) is 4.03. The Balaban J connectivity index is 0.000000574. The quantitative estimate of drug-likeness (QED) is 0.577. The van der Waals surface area contributed by atoms with E-state index in [0.717, 1.165) is 6.54 Å². The highest BCUT2D eigenvalue weighted by Crippen LogP contribution is 2.28. The molecule has 0 spiro atoms. The Morgan fingerprint density at radius 1 is 0.778 bits per heavy atom. The molecule has 1 nitrogen and oxygen atoms in total. The second-order valence-corrected chi connectivity index (χ2v) is 4.19. The molecule has 0 aliphatic carbocycles. The molecule has 0 atom stereocenters. The molecule has 0 radical (unpaired) electrons. The van der Waals surface area contributed by atoms with Crippen LogP contribution in [-0.2, 0) is 6.54 Å². The Hall–Kier alpha value is -1.76. The van der Waals surface area contributed by atoms with Gasteiger partial charge in [-0.05, 0) is 18.6 Å². The molecule has 0 amide bonds. The molecule has 3 aromatic rings. The highest BCUT2D eigenvalue weighted by molar-refractivity contribution is 6.07. The summed E-state index contributed by atoms with van der Waals surface area (Å²) in [6.07, 6.45) is 1.17. The van der Waals surface area contributed by atoms with Gasteiger partial charge < -0.3 is 4.57 Å². The molecule has 18 heavy (non-hydrogen) atoms. The fourth-order valence-corrected chi connectivity index (χ4v) is 2.47. The van der Waals surface area contributed by atoms with Crippen LogP contribution in [-0.4, -0.2) is 4.57 Å². The van der Waals surface area contributed by atoms with E-state index in [-0.39, 0.29) is 0 Å². The minimum Gasteiger partial charge on any atom is -0.340 e. The van der Waals surface area contributed by atoms with Crippen LogP contribution in [0.15, 0.2) is 48.5 Å². The minimum atomic E-state index is 1.09. The maximum Gasteiger partial charge on any atom is 0.0491 e. The van der Waals surface area contributed by atoms with E-state index in [1.165, 1.54) is 28.2 Å². The van der Waals surface area contributed by atoms with Gasteiger partial charge in [-0.3, -0.25) is 0 Å². The number of para-hydroxylation sites is 2. The van der Waals surface area contributed by atoms with Gasteiger partial charge in [-0.25, -0.2) is 0 Å². The lowest BCUT2D eigenvalue weighted by Gasteiger charge is -2.04. The lowest BCUT2D eigenvalue weighted by Crippen LogP contribution is -1.95. The van der Waals surface area contributed by atoms with Crippen LogP contribution in [0.3, 0.4) is 0 Å². The van der Waals surface area contributed by atoms with Crippen molar-refractivity contribution in [3.63, 3.8) is 0 Å². The third-order valence-corrected chi connectivity index (χ3v) is 3.13. The number of rotatable bonds is 2. The number of hydrogen-bond donors (Lipinski definition) is 0. The Labute approximate surface area is 109 Å². The van der Waals surface area contributed by atoms with Crippen molar-refractivity contribution in [1.29, 1.82) is 0 Å². The van der Waals surface area contributed by atoms with Crippen LogP contribution < -0.4 is 0 Å². The lowest BCUT2D eigenvalue weighted by molar-refractivity contribution is 0.724. The zero-order valence-corrected chi connectivity index (χ0v) is 11.5. The van der Waals surface area contributed by atoms with Gasteiger partial charge in [0.05, 0.1) is 0 Å². The van der Waals surface area contributed by atoms with Crippen LogP contribution >= 0.6 is 0 Å². The summed E-state index contributed by atoms with van der Waals surface area (Å²) in [4.78, 5) is 0. The summed E-state index contributed by atoms with van der Waals surface area (Å²) in [5, 5.41) is 2.73. The molecule has 0 aliphatic heterocycles. The molecule has 0 unspecified atom stereocenters. The normalized spacial score (nSPS) is 10.4. The SMILES string of the molecule is CC.CCCn1c2ccccc2c2ccccc21. The van der Waals surface area contributed by atoms with Crippen molar-refractivity contribution in [3.8, 4) is 0 Å². The number of benzene rings is 2. The van der Waals surface area contributed by atoms with Crippen LogP contribution in [0, 0.1) is 0 Å². The molecule has 1 heteroatoms. The Morgan fingerprint density at radius 3 is 1.67 bits per heavy atom. The zero-order valence-electron chi connectivity index (χ0n) is 11.5. The smallest absolute Gasteiger partial charge is 0.0491 e. The third-order valence-electron chi connectivity index (χ3n) is 3.13. The first-order valence-electron chi connectivity index (χ1n) is 6.88. The van der Waals surface area contributed by atoms with E-state index >= 15 is 0 Å². The van der Waals surface area contributed by atoms with Crippen molar-refractivity contribution >= 4 is 21.8 Å². The fraction of sp³-hybridized carbons (Fsp3) is 0.294. The van der Waals surface area contributed by atoms with Crippen LogP contribution in [0.25, 0.3) is 21.8 Å². The van der Waals surface area contributed by atoms with Crippen molar-refractivity contribution < 1.29 is 0 Å². The van der Waals surface area contributed by atoms with Gasteiger partial charge in [-0.2, -0.15) is 0 Å². The van der Waals surface area contributed by atoms with Crippen LogP contribution in [0.5, 0.6) is 0 Å². The van der Waals surface area contributed by atoms with Crippen molar-refractivity contribution in [2.24, 2.45) is 0 Å². The number of hydrogen-bond acceptors (Lipinski definition) is 0. The molecular weight excluding hydrogens is 218 g/mol. The van der Waals surface area contributed by atoms with Crippen molar-refractivity contribution in [2.75, 3.05) is 0 Å². The lowest BCUT2D eigenvalue weighted by atomic mass is 10.2. The predicted molar refractivity (Wildman–Crippen MR) is 81.1 cm³/mol. The third kappa shape index (κ3) is 2.01. The summed E-state index contributed by atoms with van der Waals surface area (Å²) in [6.45, 7) is 7.32. The van der Waals surface area contributed by atoms with Crippen LogP contribution in [0.2, 0.25) is 0 Å². The molecule has 0 bridgehead atoms. The summed E-state index contributed by atoms with van der Waals surface area (Å²) < 4.78 is 2.42. The molecule has 1 aromatic heterocycles. The Bertz CT molecular complexity index is 581. The van der Waals surface area contributed by atoms with Gasteiger partial charge in [0.25, 0.3) is 0 Å². The maximum absolute atomic E-state index is 2.42. The van der Waals surface area contributed by atoms with E-state index < -0.39 is 0 Å². The van der Waals surface area contributed by atoms with Crippen LogP contribution in [0.1, 0.15) is 27.2 Å². The first kappa shape index (κ1) is 12.7.